The lowest BCUT2D eigenvalue weighted by Crippen LogP contribution is -2.52. The van der Waals surface area contributed by atoms with Gasteiger partial charge in [-0.25, -0.2) is 0 Å². The van der Waals surface area contributed by atoms with Gasteiger partial charge in [0, 0.05) is 33.1 Å². The molecule has 0 unspecified atom stereocenters. The largest absolute Gasteiger partial charge is 0.378 e. The minimum Gasteiger partial charge on any atom is -0.378 e. The summed E-state index contributed by atoms with van der Waals surface area (Å²) >= 11 is 0. The molecule has 0 aromatic rings. The summed E-state index contributed by atoms with van der Waals surface area (Å²) in [7, 11) is 1.64. The Hall–Kier alpha value is -1.14. The Morgan fingerprint density at radius 2 is 2.04 bits per heavy atom. The molecule has 1 saturated carbocycles. The van der Waals surface area contributed by atoms with Crippen molar-refractivity contribution in [2.24, 2.45) is 11.3 Å². The number of ether oxygens (including phenoxy) is 1. The highest BCUT2D eigenvalue weighted by atomic mass is 16.5. The van der Waals surface area contributed by atoms with Crippen molar-refractivity contribution in [3.8, 4) is 0 Å². The third-order valence-corrected chi connectivity index (χ3v) is 6.15. The van der Waals surface area contributed by atoms with Gasteiger partial charge < -0.3 is 20.3 Å². The molecule has 0 bridgehead atoms. The van der Waals surface area contributed by atoms with E-state index in [1.54, 1.807) is 7.05 Å². The smallest absolute Gasteiger partial charge is 0.230 e. The molecular weight excluding hydrogens is 306 g/mol. The summed E-state index contributed by atoms with van der Waals surface area (Å²) in [4.78, 5) is 26.5. The zero-order valence-corrected chi connectivity index (χ0v) is 14.8. The van der Waals surface area contributed by atoms with Crippen LogP contribution in [0.5, 0.6) is 0 Å². The van der Waals surface area contributed by atoms with E-state index in [-0.39, 0.29) is 17.4 Å². The summed E-state index contributed by atoms with van der Waals surface area (Å²) in [5.74, 6) is 0.917. The molecule has 2 atom stereocenters. The van der Waals surface area contributed by atoms with E-state index in [1.165, 1.54) is 19.3 Å². The molecule has 3 aliphatic rings. The van der Waals surface area contributed by atoms with Gasteiger partial charge in [-0.2, -0.15) is 0 Å². The van der Waals surface area contributed by atoms with E-state index in [0.29, 0.717) is 24.9 Å². The van der Waals surface area contributed by atoms with E-state index < -0.39 is 0 Å². The Balaban J connectivity index is 1.47. The number of amides is 2. The maximum absolute atomic E-state index is 13.2. The normalized spacial score (nSPS) is 30.9. The van der Waals surface area contributed by atoms with Crippen molar-refractivity contribution in [2.45, 2.75) is 51.0 Å². The molecule has 24 heavy (non-hydrogen) atoms. The van der Waals surface area contributed by atoms with Gasteiger partial charge in [-0.15, -0.1) is 0 Å². The predicted molar refractivity (Wildman–Crippen MR) is 91.5 cm³/mol. The van der Waals surface area contributed by atoms with Gasteiger partial charge in [0.15, 0.2) is 0 Å². The van der Waals surface area contributed by atoms with Gasteiger partial charge in [-0.05, 0) is 38.1 Å². The lowest BCUT2D eigenvalue weighted by Gasteiger charge is -2.43. The minimum atomic E-state index is -0.134. The van der Waals surface area contributed by atoms with Gasteiger partial charge in [0.2, 0.25) is 11.8 Å². The zero-order chi connectivity index (χ0) is 17.0. The van der Waals surface area contributed by atoms with Crippen LogP contribution >= 0.6 is 0 Å². The summed E-state index contributed by atoms with van der Waals surface area (Å²) in [6.07, 6.45) is 7.04. The van der Waals surface area contributed by atoms with E-state index in [2.05, 4.69) is 15.5 Å². The Kier molecular flexibility index (Phi) is 5.76. The molecule has 2 N–H and O–H groups in total. The number of likely N-dealkylation sites (tertiary alicyclic amines) is 1. The molecule has 6 heteroatoms. The molecule has 3 fully saturated rings. The van der Waals surface area contributed by atoms with Gasteiger partial charge >= 0.3 is 0 Å². The maximum atomic E-state index is 13.2. The molecule has 0 aromatic carbocycles. The molecule has 2 amide bonds. The van der Waals surface area contributed by atoms with Crippen LogP contribution in [0.2, 0.25) is 0 Å². The van der Waals surface area contributed by atoms with Gasteiger partial charge in [-0.3, -0.25) is 9.59 Å². The number of hydrogen-bond acceptors (Lipinski definition) is 4. The Morgan fingerprint density at radius 3 is 2.79 bits per heavy atom. The van der Waals surface area contributed by atoms with E-state index in [9.17, 15) is 9.59 Å². The molecule has 0 aromatic heterocycles. The van der Waals surface area contributed by atoms with E-state index >= 15 is 0 Å². The van der Waals surface area contributed by atoms with Gasteiger partial charge in [-0.1, -0.05) is 12.8 Å². The molecule has 2 heterocycles. The van der Waals surface area contributed by atoms with Crippen molar-refractivity contribution in [1.29, 1.82) is 0 Å². The maximum Gasteiger partial charge on any atom is 0.230 e. The zero-order valence-electron chi connectivity index (χ0n) is 14.8. The standard InChI is InChI=1S/C18H31N3O3/c1-19-16(22)7-11-24-15-5-9-21(10-6-15)17(23)18-8-3-2-4-14(18)12-20-13-18/h14-15,20H,2-13H2,1H3,(H,19,22)/t14-,18+/m0/s1. The summed E-state index contributed by atoms with van der Waals surface area (Å²) in [5, 5.41) is 6.07. The SMILES string of the molecule is CNC(=O)CCOC1CCN(C(=O)[C@@]23CCCC[C@H]2CNC3)CC1. The van der Waals surface area contributed by atoms with E-state index in [0.717, 1.165) is 45.4 Å². The Bertz CT molecular complexity index is 462. The summed E-state index contributed by atoms with van der Waals surface area (Å²) in [6.45, 7) is 3.91. The number of carbonyl (C=O) groups is 2. The number of hydrogen-bond donors (Lipinski definition) is 2. The number of rotatable bonds is 5. The molecule has 0 radical (unpaired) electrons. The van der Waals surface area contributed by atoms with E-state index in [1.807, 2.05) is 0 Å². The van der Waals surface area contributed by atoms with Crippen molar-refractivity contribution in [3.05, 3.63) is 0 Å². The van der Waals surface area contributed by atoms with Crippen LogP contribution in [0.15, 0.2) is 0 Å². The number of fused-ring (bicyclic) bond motifs is 1. The highest BCUT2D eigenvalue weighted by molar-refractivity contribution is 5.84. The second-order valence-corrected chi connectivity index (χ2v) is 7.52. The predicted octanol–water partition coefficient (Wildman–Crippen LogP) is 0.910. The Labute approximate surface area is 144 Å². The number of carbonyl (C=O) groups excluding carboxylic acids is 2. The highest BCUT2D eigenvalue weighted by Crippen LogP contribution is 2.45. The first-order valence-corrected chi connectivity index (χ1v) is 9.48. The summed E-state index contributed by atoms with van der Waals surface area (Å²) in [5.41, 5.74) is -0.134. The van der Waals surface area contributed by atoms with Crippen molar-refractivity contribution >= 4 is 11.8 Å². The van der Waals surface area contributed by atoms with Crippen LogP contribution in [0.1, 0.15) is 44.9 Å². The average molecular weight is 337 g/mol. The third-order valence-electron chi connectivity index (χ3n) is 6.15. The molecule has 2 saturated heterocycles. The third kappa shape index (κ3) is 3.59. The van der Waals surface area contributed by atoms with Crippen molar-refractivity contribution < 1.29 is 14.3 Å². The fourth-order valence-electron chi connectivity index (χ4n) is 4.65. The second kappa shape index (κ2) is 7.83. The highest BCUT2D eigenvalue weighted by Gasteiger charge is 2.51. The first-order chi connectivity index (χ1) is 11.7. The monoisotopic (exact) mass is 337 g/mol. The molecule has 0 spiro atoms. The fourth-order valence-corrected chi connectivity index (χ4v) is 4.65. The van der Waals surface area contributed by atoms with Crippen molar-refractivity contribution in [3.63, 3.8) is 0 Å². The fraction of sp³-hybridized carbons (Fsp3) is 0.889. The van der Waals surface area contributed by atoms with E-state index in [4.69, 9.17) is 4.74 Å². The van der Waals surface area contributed by atoms with Gasteiger partial charge in [0.1, 0.15) is 0 Å². The van der Waals surface area contributed by atoms with Gasteiger partial charge in [0.05, 0.1) is 18.1 Å². The number of nitrogens with zero attached hydrogens (tertiary/aromatic N) is 1. The van der Waals surface area contributed by atoms with Gasteiger partial charge in [0.25, 0.3) is 0 Å². The lowest BCUT2D eigenvalue weighted by atomic mass is 9.67. The molecule has 136 valence electrons. The number of piperidine rings is 1. The van der Waals surface area contributed by atoms with Crippen molar-refractivity contribution in [2.75, 3.05) is 39.8 Å². The topological polar surface area (TPSA) is 70.7 Å². The molecule has 6 nitrogen and oxygen atoms in total. The first kappa shape index (κ1) is 17.7. The van der Waals surface area contributed by atoms with Crippen LogP contribution in [0.3, 0.4) is 0 Å². The molecule has 2 aliphatic heterocycles. The summed E-state index contributed by atoms with van der Waals surface area (Å²) < 4.78 is 5.80. The average Bonchev–Trinajstić information content (AvgIpc) is 3.06. The van der Waals surface area contributed by atoms with Crippen LogP contribution in [0.4, 0.5) is 0 Å². The minimum absolute atomic E-state index is 0.0128. The molecule has 3 rings (SSSR count). The summed E-state index contributed by atoms with van der Waals surface area (Å²) in [6, 6.07) is 0. The molecule has 1 aliphatic carbocycles. The number of nitrogens with one attached hydrogen (secondary N) is 2. The van der Waals surface area contributed by atoms with Crippen LogP contribution < -0.4 is 10.6 Å². The lowest BCUT2D eigenvalue weighted by molar-refractivity contribution is -0.148. The van der Waals surface area contributed by atoms with Crippen LogP contribution in [-0.4, -0.2) is 62.7 Å². The van der Waals surface area contributed by atoms with Crippen LogP contribution in [-0.2, 0) is 14.3 Å². The van der Waals surface area contributed by atoms with Crippen LogP contribution in [0, 0.1) is 11.3 Å². The Morgan fingerprint density at radius 1 is 1.25 bits per heavy atom. The van der Waals surface area contributed by atoms with Crippen molar-refractivity contribution in [1.82, 2.24) is 15.5 Å². The van der Waals surface area contributed by atoms with Crippen LogP contribution in [0.25, 0.3) is 0 Å². The first-order valence-electron chi connectivity index (χ1n) is 9.48. The second-order valence-electron chi connectivity index (χ2n) is 7.52. The quantitative estimate of drug-likeness (QED) is 0.782. The molecular formula is C18H31N3O3.